The Morgan fingerprint density at radius 2 is 1.32 bits per heavy atom. The van der Waals surface area contributed by atoms with E-state index in [1.165, 1.54) is 23.5 Å². The van der Waals surface area contributed by atoms with Gasteiger partial charge in [-0.15, -0.1) is 46.2 Å². The summed E-state index contributed by atoms with van der Waals surface area (Å²) < 4.78 is 12.5. The molecule has 0 aliphatic rings. The van der Waals surface area contributed by atoms with Crippen LogP contribution in [-0.2, 0) is 0 Å². The third kappa shape index (κ3) is 4.81. The second-order valence-electron chi connectivity index (χ2n) is 4.31. The second kappa shape index (κ2) is 9.05. The Hall–Kier alpha value is -0.380. The summed E-state index contributed by atoms with van der Waals surface area (Å²) in [6.07, 6.45) is -1.56. The third-order valence-corrected chi connectivity index (χ3v) is 7.45. The van der Waals surface area contributed by atoms with Crippen LogP contribution in [0.2, 0.25) is 0 Å². The topological polar surface area (TPSA) is 58.9 Å². The smallest absolute Gasteiger partial charge is 0.143 e. The van der Waals surface area contributed by atoms with Crippen LogP contribution in [0.4, 0.5) is 0 Å². The predicted octanol–water partition coefficient (Wildman–Crippen LogP) is 3.43. The molecule has 0 bridgehead atoms. The van der Waals surface area contributed by atoms with Crippen LogP contribution in [0.15, 0.2) is 31.3 Å². The first-order chi connectivity index (χ1) is 10.7. The lowest BCUT2D eigenvalue weighted by molar-refractivity contribution is 0.0500. The summed E-state index contributed by atoms with van der Waals surface area (Å²) in [7, 11) is 3.25. The molecule has 2 atom stereocenters. The van der Waals surface area contributed by atoms with Gasteiger partial charge in [-0.25, -0.2) is 0 Å². The van der Waals surface area contributed by atoms with Gasteiger partial charge < -0.3 is 19.7 Å². The number of thiophene rings is 2. The highest BCUT2D eigenvalue weighted by Gasteiger charge is 2.19. The van der Waals surface area contributed by atoms with Gasteiger partial charge in [0.1, 0.15) is 19.9 Å². The molecule has 0 aliphatic heterocycles. The van der Waals surface area contributed by atoms with Crippen LogP contribution in [0.3, 0.4) is 0 Å². The van der Waals surface area contributed by atoms with Gasteiger partial charge in [0.05, 0.1) is 26.4 Å². The van der Waals surface area contributed by atoms with Crippen molar-refractivity contribution in [3.05, 3.63) is 22.9 Å². The minimum absolute atomic E-state index is 0.431. The minimum atomic E-state index is -0.782. The zero-order chi connectivity index (χ0) is 15.9. The molecule has 2 rings (SSSR count). The third-order valence-electron chi connectivity index (χ3n) is 2.85. The molecule has 0 fully saturated rings. The number of methoxy groups -OCH3 is 2. The van der Waals surface area contributed by atoms with Gasteiger partial charge in [0.2, 0.25) is 0 Å². The number of aliphatic hydroxyl groups is 2. The fourth-order valence-corrected chi connectivity index (χ4v) is 5.75. The van der Waals surface area contributed by atoms with Crippen LogP contribution >= 0.6 is 46.2 Å². The monoisotopic (exact) mass is 378 g/mol. The first-order valence-electron chi connectivity index (χ1n) is 6.50. The van der Waals surface area contributed by atoms with Crippen LogP contribution in [0.5, 0.6) is 11.5 Å². The first-order valence-corrected chi connectivity index (χ1v) is 10.2. The number of rotatable bonds is 9. The van der Waals surface area contributed by atoms with Crippen LogP contribution in [-0.4, -0.2) is 48.1 Å². The van der Waals surface area contributed by atoms with E-state index >= 15 is 0 Å². The summed E-state index contributed by atoms with van der Waals surface area (Å²) in [5.74, 6) is 2.49. The maximum absolute atomic E-state index is 10.1. The van der Waals surface area contributed by atoms with Crippen molar-refractivity contribution in [2.24, 2.45) is 0 Å². The summed E-state index contributed by atoms with van der Waals surface area (Å²) in [4.78, 5) is 0. The highest BCUT2D eigenvalue weighted by molar-refractivity contribution is 8.01. The van der Waals surface area contributed by atoms with Gasteiger partial charge in [-0.3, -0.25) is 0 Å². The van der Waals surface area contributed by atoms with E-state index in [1.54, 1.807) is 36.9 Å². The quantitative estimate of drug-likeness (QED) is 0.652. The largest absolute Gasteiger partial charge is 0.495 e. The van der Waals surface area contributed by atoms with Crippen LogP contribution in [0.25, 0.3) is 0 Å². The van der Waals surface area contributed by atoms with E-state index in [0.717, 1.165) is 19.9 Å². The van der Waals surface area contributed by atoms with E-state index in [-0.39, 0.29) is 0 Å². The fraction of sp³-hybridized carbons (Fsp3) is 0.429. The Morgan fingerprint density at radius 3 is 1.68 bits per heavy atom. The van der Waals surface area contributed by atoms with Crippen molar-refractivity contribution in [3.63, 3.8) is 0 Å². The normalized spacial score (nSPS) is 13.8. The van der Waals surface area contributed by atoms with Gasteiger partial charge in [-0.05, 0) is 22.9 Å². The molecule has 0 aliphatic carbocycles. The van der Waals surface area contributed by atoms with Crippen molar-refractivity contribution < 1.29 is 19.7 Å². The molecule has 2 N–H and O–H groups in total. The molecule has 0 saturated carbocycles. The van der Waals surface area contributed by atoms with Crippen molar-refractivity contribution in [3.8, 4) is 11.5 Å². The van der Waals surface area contributed by atoms with Gasteiger partial charge in [-0.2, -0.15) is 0 Å². The van der Waals surface area contributed by atoms with Crippen LogP contribution in [0.1, 0.15) is 0 Å². The summed E-state index contributed by atoms with van der Waals surface area (Å²) >= 11 is 6.13. The zero-order valence-corrected chi connectivity index (χ0v) is 15.5. The molecule has 0 saturated heterocycles. The van der Waals surface area contributed by atoms with Crippen molar-refractivity contribution in [1.82, 2.24) is 0 Å². The molecule has 0 amide bonds. The SMILES string of the molecule is COc1ccsc1SC[C@H](O)[C@@H](O)CSc1sccc1OC. The predicted molar refractivity (Wildman–Crippen MR) is 95.2 cm³/mol. The molecule has 122 valence electrons. The highest BCUT2D eigenvalue weighted by atomic mass is 32.2. The number of ether oxygens (including phenoxy) is 2. The molecule has 2 aromatic rings. The Balaban J connectivity index is 1.78. The average Bonchev–Trinajstić information content (AvgIpc) is 3.17. The molecule has 2 aromatic heterocycles. The van der Waals surface area contributed by atoms with Crippen molar-refractivity contribution in [1.29, 1.82) is 0 Å². The number of hydrogen-bond acceptors (Lipinski definition) is 8. The lowest BCUT2D eigenvalue weighted by Crippen LogP contribution is -2.30. The molecular weight excluding hydrogens is 360 g/mol. The van der Waals surface area contributed by atoms with Gasteiger partial charge in [0.25, 0.3) is 0 Å². The Bertz CT molecular complexity index is 518. The fourth-order valence-electron chi connectivity index (χ4n) is 1.62. The highest BCUT2D eigenvalue weighted by Crippen LogP contribution is 2.37. The summed E-state index contributed by atoms with van der Waals surface area (Å²) in [6, 6.07) is 3.80. The van der Waals surface area contributed by atoms with E-state index in [9.17, 15) is 10.2 Å². The molecule has 0 unspecified atom stereocenters. The number of thioether (sulfide) groups is 2. The first kappa shape index (κ1) is 18.0. The van der Waals surface area contributed by atoms with Gasteiger partial charge in [0.15, 0.2) is 0 Å². The molecule has 0 radical (unpaired) electrons. The van der Waals surface area contributed by atoms with E-state index < -0.39 is 12.2 Å². The van der Waals surface area contributed by atoms with E-state index in [2.05, 4.69) is 0 Å². The van der Waals surface area contributed by atoms with Crippen LogP contribution < -0.4 is 9.47 Å². The lowest BCUT2D eigenvalue weighted by Gasteiger charge is -2.17. The standard InChI is InChI=1S/C14H18O4S4/c1-17-11-3-5-19-13(11)21-7-9(15)10(16)8-22-14-12(18-2)4-6-20-14/h3-6,9-10,15-16H,7-8H2,1-2H3/t9-,10-/m0/s1. The summed E-state index contributed by atoms with van der Waals surface area (Å²) in [5.41, 5.74) is 0. The zero-order valence-electron chi connectivity index (χ0n) is 12.2. The second-order valence-corrected chi connectivity index (χ2v) is 8.72. The Morgan fingerprint density at radius 1 is 0.909 bits per heavy atom. The van der Waals surface area contributed by atoms with Gasteiger partial charge >= 0.3 is 0 Å². The molecule has 8 heteroatoms. The molecule has 0 spiro atoms. The van der Waals surface area contributed by atoms with E-state index in [0.29, 0.717) is 11.5 Å². The van der Waals surface area contributed by atoms with E-state index in [4.69, 9.17) is 9.47 Å². The van der Waals surface area contributed by atoms with Crippen molar-refractivity contribution in [2.75, 3.05) is 25.7 Å². The molecule has 2 heterocycles. The number of hydrogen-bond donors (Lipinski definition) is 2. The molecular formula is C14H18O4S4. The van der Waals surface area contributed by atoms with Gasteiger partial charge in [-0.1, -0.05) is 0 Å². The van der Waals surface area contributed by atoms with Crippen molar-refractivity contribution in [2.45, 2.75) is 20.6 Å². The maximum Gasteiger partial charge on any atom is 0.143 e. The molecule has 22 heavy (non-hydrogen) atoms. The Kier molecular flexibility index (Phi) is 7.39. The maximum atomic E-state index is 10.1. The lowest BCUT2D eigenvalue weighted by atomic mass is 10.3. The minimum Gasteiger partial charge on any atom is -0.495 e. The Labute approximate surface area is 146 Å². The number of aliphatic hydroxyl groups excluding tert-OH is 2. The van der Waals surface area contributed by atoms with Crippen molar-refractivity contribution >= 4 is 46.2 Å². The summed E-state index contributed by atoms with van der Waals surface area (Å²) in [6.45, 7) is 0. The van der Waals surface area contributed by atoms with Crippen LogP contribution in [0, 0.1) is 0 Å². The average molecular weight is 379 g/mol. The molecule has 4 nitrogen and oxygen atoms in total. The van der Waals surface area contributed by atoms with Gasteiger partial charge in [0, 0.05) is 11.5 Å². The summed E-state index contributed by atoms with van der Waals surface area (Å²) in [5, 5.41) is 24.1. The molecule has 0 aromatic carbocycles. The van der Waals surface area contributed by atoms with E-state index in [1.807, 2.05) is 22.9 Å².